The van der Waals surface area contributed by atoms with E-state index in [2.05, 4.69) is 48.4 Å². The first kappa shape index (κ1) is 17.0. The molecule has 0 amide bonds. The Kier molecular flexibility index (Phi) is 5.64. The van der Waals surface area contributed by atoms with Crippen molar-refractivity contribution in [3.8, 4) is 0 Å². The average Bonchev–Trinajstić information content (AvgIpc) is 2.61. The molecule has 3 N–H and O–H groups in total. The second kappa shape index (κ2) is 8.30. The molecule has 0 spiro atoms. The highest BCUT2D eigenvalue weighted by Crippen LogP contribution is 2.22. The van der Waals surface area contributed by atoms with E-state index in [1.165, 1.54) is 6.33 Å². The molecule has 0 radical (unpaired) electrons. The lowest BCUT2D eigenvalue weighted by atomic mass is 10.2. The molecule has 5 nitrogen and oxygen atoms in total. The van der Waals surface area contributed by atoms with Gasteiger partial charge in [0.15, 0.2) is 0 Å². The second-order valence-corrected chi connectivity index (χ2v) is 6.21. The third-order valence-electron chi connectivity index (χ3n) is 3.35. The van der Waals surface area contributed by atoms with Gasteiger partial charge in [-0.05, 0) is 36.4 Å². The largest absolute Gasteiger partial charge is 0.382 e. The number of nitrogens with zero attached hydrogens (tertiary/aromatic N) is 2. The first-order valence-corrected chi connectivity index (χ1v) is 8.59. The Labute approximate surface area is 155 Å². The Bertz CT molecular complexity index is 866. The first-order valence-electron chi connectivity index (χ1n) is 7.79. The summed E-state index contributed by atoms with van der Waals surface area (Å²) in [5.74, 6) is 1.44. The van der Waals surface area contributed by atoms with Crippen molar-refractivity contribution in [1.29, 1.82) is 0 Å². The highest BCUT2D eigenvalue weighted by Gasteiger charge is 2.02. The van der Waals surface area contributed by atoms with Crippen molar-refractivity contribution in [2.24, 2.45) is 0 Å². The number of halogens is 1. The van der Waals surface area contributed by atoms with Crippen LogP contribution < -0.4 is 16.0 Å². The molecule has 1 heterocycles. The molecule has 0 aliphatic rings. The lowest BCUT2D eigenvalue weighted by Gasteiger charge is -2.10. The molecule has 0 unspecified atom stereocenters. The van der Waals surface area contributed by atoms with Crippen molar-refractivity contribution < 1.29 is 0 Å². The molecule has 6 heteroatoms. The van der Waals surface area contributed by atoms with Gasteiger partial charge >= 0.3 is 0 Å². The number of hydrogen-bond donors (Lipinski definition) is 3. The van der Waals surface area contributed by atoms with E-state index in [1.807, 2.05) is 60.7 Å². The molecule has 3 aromatic rings. The smallest absolute Gasteiger partial charge is 0.135 e. The summed E-state index contributed by atoms with van der Waals surface area (Å²) < 4.78 is 1.01. The quantitative estimate of drug-likeness (QED) is 0.472. The number of anilines is 5. The summed E-state index contributed by atoms with van der Waals surface area (Å²) in [6, 6.07) is 17.8. The van der Waals surface area contributed by atoms with E-state index < -0.39 is 0 Å². The van der Waals surface area contributed by atoms with E-state index in [4.69, 9.17) is 0 Å². The molecule has 3 rings (SSSR count). The summed E-state index contributed by atoms with van der Waals surface area (Å²) >= 11 is 3.46. The predicted octanol–water partition coefficient (Wildman–Crippen LogP) is 5.32. The number of rotatable bonds is 7. The van der Waals surface area contributed by atoms with Crippen molar-refractivity contribution in [2.45, 2.75) is 0 Å². The third kappa shape index (κ3) is 5.06. The molecule has 0 bridgehead atoms. The minimum Gasteiger partial charge on any atom is -0.382 e. The molecule has 0 fully saturated rings. The Morgan fingerprint density at radius 1 is 0.880 bits per heavy atom. The zero-order valence-electron chi connectivity index (χ0n) is 13.5. The van der Waals surface area contributed by atoms with Gasteiger partial charge in [-0.25, -0.2) is 9.97 Å². The van der Waals surface area contributed by atoms with E-state index in [-0.39, 0.29) is 0 Å². The van der Waals surface area contributed by atoms with Gasteiger partial charge in [0, 0.05) is 34.1 Å². The summed E-state index contributed by atoms with van der Waals surface area (Å²) in [5.41, 5.74) is 2.92. The minimum atomic E-state index is 0.716. The van der Waals surface area contributed by atoms with Gasteiger partial charge in [0.1, 0.15) is 18.0 Å². The van der Waals surface area contributed by atoms with Gasteiger partial charge < -0.3 is 16.0 Å². The maximum atomic E-state index is 4.28. The monoisotopic (exact) mass is 395 g/mol. The Morgan fingerprint density at radius 2 is 1.52 bits per heavy atom. The van der Waals surface area contributed by atoms with Crippen LogP contribution in [0.3, 0.4) is 0 Å². The Balaban J connectivity index is 1.72. The van der Waals surface area contributed by atoms with Crippen molar-refractivity contribution >= 4 is 44.6 Å². The lowest BCUT2D eigenvalue weighted by Crippen LogP contribution is -2.00. The van der Waals surface area contributed by atoms with E-state index in [1.54, 1.807) is 0 Å². The maximum absolute atomic E-state index is 4.28. The predicted molar refractivity (Wildman–Crippen MR) is 108 cm³/mol. The number of benzene rings is 2. The molecule has 0 saturated carbocycles. The van der Waals surface area contributed by atoms with Crippen LogP contribution in [0.5, 0.6) is 0 Å². The summed E-state index contributed by atoms with van der Waals surface area (Å²) in [7, 11) is 0. The minimum absolute atomic E-state index is 0.716. The zero-order valence-corrected chi connectivity index (χ0v) is 15.1. The maximum Gasteiger partial charge on any atom is 0.135 e. The van der Waals surface area contributed by atoms with E-state index in [0.717, 1.165) is 33.9 Å². The molecular formula is C19H18BrN5. The fourth-order valence-corrected chi connectivity index (χ4v) is 2.65. The average molecular weight is 396 g/mol. The van der Waals surface area contributed by atoms with Crippen LogP contribution in [0.15, 0.2) is 78.1 Å². The molecule has 2 aromatic carbocycles. The molecule has 0 aliphatic carbocycles. The van der Waals surface area contributed by atoms with E-state index in [0.29, 0.717) is 5.82 Å². The van der Waals surface area contributed by atoms with Gasteiger partial charge in [0.05, 0.1) is 0 Å². The van der Waals surface area contributed by atoms with Crippen LogP contribution >= 0.6 is 15.9 Å². The number of aromatic nitrogens is 2. The highest BCUT2D eigenvalue weighted by atomic mass is 79.9. The van der Waals surface area contributed by atoms with Gasteiger partial charge in [0.25, 0.3) is 0 Å². The lowest BCUT2D eigenvalue weighted by molar-refractivity contribution is 1.17. The SMILES string of the molecule is C=CCNc1cccc(Nc2cc(Nc3cccc(Br)c3)ncn2)c1. The van der Waals surface area contributed by atoms with Crippen LogP contribution in [-0.2, 0) is 0 Å². The molecule has 0 atom stereocenters. The Morgan fingerprint density at radius 3 is 2.20 bits per heavy atom. The summed E-state index contributed by atoms with van der Waals surface area (Å²) in [6.07, 6.45) is 3.35. The van der Waals surface area contributed by atoms with Crippen LogP contribution in [0.1, 0.15) is 0 Å². The zero-order chi connectivity index (χ0) is 17.5. The fourth-order valence-electron chi connectivity index (χ4n) is 2.25. The van der Waals surface area contributed by atoms with Crippen LogP contribution in [0.25, 0.3) is 0 Å². The van der Waals surface area contributed by atoms with Crippen molar-refractivity contribution in [2.75, 3.05) is 22.5 Å². The van der Waals surface area contributed by atoms with Gasteiger partial charge in [-0.3, -0.25) is 0 Å². The van der Waals surface area contributed by atoms with Gasteiger partial charge in [-0.2, -0.15) is 0 Å². The molecule has 25 heavy (non-hydrogen) atoms. The molecule has 126 valence electrons. The summed E-state index contributed by atoms with van der Waals surface area (Å²) in [4.78, 5) is 8.54. The normalized spacial score (nSPS) is 10.1. The molecular weight excluding hydrogens is 378 g/mol. The van der Waals surface area contributed by atoms with Gasteiger partial charge in [0.2, 0.25) is 0 Å². The standard InChI is InChI=1S/C19H18BrN5/c1-2-9-21-15-6-4-8-17(11-15)25-19-12-18(22-13-23-19)24-16-7-3-5-14(20)10-16/h2-8,10-13,21H,1,9H2,(H2,22,23,24,25). The molecule has 0 saturated heterocycles. The molecule has 1 aromatic heterocycles. The fraction of sp³-hybridized carbons (Fsp3) is 0.0526. The highest BCUT2D eigenvalue weighted by molar-refractivity contribution is 9.10. The topological polar surface area (TPSA) is 61.9 Å². The first-order chi connectivity index (χ1) is 12.2. The second-order valence-electron chi connectivity index (χ2n) is 5.30. The van der Waals surface area contributed by atoms with Crippen LogP contribution in [-0.4, -0.2) is 16.5 Å². The molecule has 0 aliphatic heterocycles. The van der Waals surface area contributed by atoms with Gasteiger partial charge in [-0.1, -0.05) is 34.1 Å². The summed E-state index contributed by atoms with van der Waals surface area (Å²) in [6.45, 7) is 4.43. The number of hydrogen-bond acceptors (Lipinski definition) is 5. The van der Waals surface area contributed by atoms with E-state index in [9.17, 15) is 0 Å². The van der Waals surface area contributed by atoms with Gasteiger partial charge in [-0.15, -0.1) is 6.58 Å². The van der Waals surface area contributed by atoms with Crippen molar-refractivity contribution in [3.05, 3.63) is 78.1 Å². The Hall–Kier alpha value is -2.86. The van der Waals surface area contributed by atoms with Crippen LogP contribution in [0.4, 0.5) is 28.7 Å². The third-order valence-corrected chi connectivity index (χ3v) is 3.84. The van der Waals surface area contributed by atoms with Crippen molar-refractivity contribution in [1.82, 2.24) is 9.97 Å². The van der Waals surface area contributed by atoms with Crippen molar-refractivity contribution in [3.63, 3.8) is 0 Å². The van der Waals surface area contributed by atoms with Crippen LogP contribution in [0, 0.1) is 0 Å². The number of nitrogens with one attached hydrogen (secondary N) is 3. The van der Waals surface area contributed by atoms with E-state index >= 15 is 0 Å². The summed E-state index contributed by atoms with van der Waals surface area (Å²) in [5, 5.41) is 9.82. The van der Waals surface area contributed by atoms with Crippen LogP contribution in [0.2, 0.25) is 0 Å².